The summed E-state index contributed by atoms with van der Waals surface area (Å²) >= 11 is 7.59. The van der Waals surface area contributed by atoms with Crippen LogP contribution in [0.3, 0.4) is 0 Å². The first-order valence-electron chi connectivity index (χ1n) is 10.1. The van der Waals surface area contributed by atoms with Gasteiger partial charge in [-0.05, 0) is 30.3 Å². The zero-order valence-electron chi connectivity index (χ0n) is 17.1. The average Bonchev–Trinajstić information content (AvgIpc) is 3.32. The molecular formula is C21H24ClFN4O3S. The van der Waals surface area contributed by atoms with Crippen molar-refractivity contribution in [2.45, 2.75) is 19.6 Å². The molecule has 4 rings (SSSR count). The molecule has 166 valence electrons. The van der Waals surface area contributed by atoms with Gasteiger partial charge in [0.05, 0.1) is 28.8 Å². The lowest BCUT2D eigenvalue weighted by molar-refractivity contribution is -0.119. The third-order valence-corrected chi connectivity index (χ3v) is 6.63. The maximum absolute atomic E-state index is 14.9. The van der Waals surface area contributed by atoms with E-state index in [1.165, 1.54) is 22.8 Å². The highest BCUT2D eigenvalue weighted by molar-refractivity contribution is 7.16. The monoisotopic (exact) mass is 466 g/mol. The summed E-state index contributed by atoms with van der Waals surface area (Å²) in [6.45, 7) is 5.87. The Labute approximate surface area is 189 Å². The fraction of sp³-hybridized carbons (Fsp3) is 0.429. The van der Waals surface area contributed by atoms with E-state index in [0.717, 1.165) is 37.1 Å². The minimum atomic E-state index is -0.537. The van der Waals surface area contributed by atoms with Crippen LogP contribution in [-0.4, -0.2) is 62.3 Å². The van der Waals surface area contributed by atoms with Gasteiger partial charge in [-0.3, -0.25) is 14.6 Å². The van der Waals surface area contributed by atoms with Gasteiger partial charge in [-0.15, -0.1) is 11.3 Å². The maximum Gasteiger partial charge on any atom is 0.414 e. The molecule has 1 unspecified atom stereocenters. The van der Waals surface area contributed by atoms with Crippen LogP contribution in [0.1, 0.15) is 11.8 Å². The number of carbonyl (C=O) groups excluding carboxylic acids is 2. The summed E-state index contributed by atoms with van der Waals surface area (Å²) in [6, 6.07) is 8.78. The van der Waals surface area contributed by atoms with Gasteiger partial charge in [-0.2, -0.15) is 0 Å². The van der Waals surface area contributed by atoms with Gasteiger partial charge in [0.15, 0.2) is 0 Å². The first-order valence-corrected chi connectivity index (χ1v) is 11.3. The summed E-state index contributed by atoms with van der Waals surface area (Å²) in [6.07, 6.45) is -0.991. The number of piperazine rings is 1. The van der Waals surface area contributed by atoms with E-state index in [1.807, 2.05) is 17.0 Å². The van der Waals surface area contributed by atoms with Crippen molar-refractivity contribution < 1.29 is 18.7 Å². The predicted octanol–water partition coefficient (Wildman–Crippen LogP) is 3.32. The van der Waals surface area contributed by atoms with Gasteiger partial charge >= 0.3 is 6.09 Å². The quantitative estimate of drug-likeness (QED) is 0.707. The van der Waals surface area contributed by atoms with E-state index in [9.17, 15) is 14.0 Å². The molecule has 3 heterocycles. The van der Waals surface area contributed by atoms with Crippen LogP contribution in [0.15, 0.2) is 30.3 Å². The number of nitrogens with zero attached hydrogens (tertiary/aromatic N) is 3. The van der Waals surface area contributed by atoms with Crippen LogP contribution in [0, 0.1) is 5.82 Å². The molecule has 0 aliphatic carbocycles. The van der Waals surface area contributed by atoms with Gasteiger partial charge in [0, 0.05) is 44.5 Å². The van der Waals surface area contributed by atoms with Crippen LogP contribution >= 0.6 is 22.9 Å². The van der Waals surface area contributed by atoms with E-state index < -0.39 is 12.2 Å². The molecule has 0 saturated carbocycles. The van der Waals surface area contributed by atoms with Crippen molar-refractivity contribution in [2.24, 2.45) is 0 Å². The van der Waals surface area contributed by atoms with Crippen molar-refractivity contribution in [1.82, 2.24) is 10.2 Å². The average molecular weight is 467 g/mol. The summed E-state index contributed by atoms with van der Waals surface area (Å²) in [7, 11) is 0. The van der Waals surface area contributed by atoms with Crippen LogP contribution in [0.2, 0.25) is 4.34 Å². The minimum absolute atomic E-state index is 0.191. The Morgan fingerprint density at radius 2 is 2.03 bits per heavy atom. The van der Waals surface area contributed by atoms with E-state index >= 15 is 0 Å². The lowest BCUT2D eigenvalue weighted by atomic mass is 10.2. The third-order valence-electron chi connectivity index (χ3n) is 5.42. The second-order valence-corrected chi connectivity index (χ2v) is 9.46. The van der Waals surface area contributed by atoms with Crippen molar-refractivity contribution in [3.8, 4) is 0 Å². The van der Waals surface area contributed by atoms with Gasteiger partial charge in [-0.1, -0.05) is 11.6 Å². The van der Waals surface area contributed by atoms with E-state index in [-0.39, 0.29) is 24.8 Å². The van der Waals surface area contributed by atoms with E-state index in [1.54, 1.807) is 23.5 Å². The number of rotatable bonds is 6. The zero-order chi connectivity index (χ0) is 22.0. The van der Waals surface area contributed by atoms with E-state index in [2.05, 4.69) is 10.2 Å². The van der Waals surface area contributed by atoms with Crippen LogP contribution in [0.5, 0.6) is 0 Å². The van der Waals surface area contributed by atoms with E-state index in [0.29, 0.717) is 11.4 Å². The molecule has 1 aromatic heterocycles. The fourth-order valence-corrected chi connectivity index (χ4v) is 4.95. The number of hydrogen-bond donors (Lipinski definition) is 1. The molecule has 7 nitrogen and oxygen atoms in total. The fourth-order valence-electron chi connectivity index (χ4n) is 3.82. The van der Waals surface area contributed by atoms with Gasteiger partial charge < -0.3 is 15.0 Å². The minimum Gasteiger partial charge on any atom is -0.442 e. The lowest BCUT2D eigenvalue weighted by Crippen LogP contribution is -2.46. The number of carbonyl (C=O) groups is 2. The molecule has 2 aliphatic heterocycles. The molecule has 1 atom stereocenters. The van der Waals surface area contributed by atoms with Crippen molar-refractivity contribution in [1.29, 1.82) is 0 Å². The van der Waals surface area contributed by atoms with Crippen molar-refractivity contribution in [2.75, 3.05) is 49.1 Å². The molecule has 1 aromatic carbocycles. The van der Waals surface area contributed by atoms with Crippen LogP contribution < -0.4 is 15.1 Å². The Hall–Kier alpha value is -2.36. The molecule has 0 spiro atoms. The zero-order valence-corrected chi connectivity index (χ0v) is 18.7. The Bertz CT molecular complexity index is 964. The van der Waals surface area contributed by atoms with Crippen LogP contribution in [0.4, 0.5) is 20.6 Å². The second kappa shape index (κ2) is 9.42. The number of nitrogens with one attached hydrogen (secondary N) is 1. The molecule has 2 fully saturated rings. The number of ether oxygens (including phenoxy) is 1. The highest BCUT2D eigenvalue weighted by Crippen LogP contribution is 2.29. The Kier molecular flexibility index (Phi) is 6.64. The van der Waals surface area contributed by atoms with Crippen molar-refractivity contribution in [3.63, 3.8) is 0 Å². The highest BCUT2D eigenvalue weighted by atomic mass is 35.5. The van der Waals surface area contributed by atoms with E-state index in [4.69, 9.17) is 16.3 Å². The Balaban J connectivity index is 1.35. The summed E-state index contributed by atoms with van der Waals surface area (Å²) < 4.78 is 21.0. The SMILES string of the molecule is CC(=O)NCC1CN(c2ccc(N3CCN(Cc4ccc(Cl)s4)CC3)c(F)c2)C(=O)O1. The Morgan fingerprint density at radius 1 is 1.26 bits per heavy atom. The molecule has 0 radical (unpaired) electrons. The topological polar surface area (TPSA) is 65.1 Å². The smallest absolute Gasteiger partial charge is 0.414 e. The first-order chi connectivity index (χ1) is 14.9. The highest BCUT2D eigenvalue weighted by Gasteiger charge is 2.33. The largest absolute Gasteiger partial charge is 0.442 e. The molecule has 10 heteroatoms. The number of benzene rings is 1. The summed E-state index contributed by atoms with van der Waals surface area (Å²) in [5, 5.41) is 2.63. The normalized spacial score (nSPS) is 19.6. The van der Waals surface area contributed by atoms with Gasteiger partial charge in [0.25, 0.3) is 0 Å². The van der Waals surface area contributed by atoms with Gasteiger partial charge in [0.2, 0.25) is 5.91 Å². The standard InChI is InChI=1S/C21H24ClFN4O3S/c1-14(28)24-11-16-12-27(21(29)30-16)15-2-4-19(18(23)10-15)26-8-6-25(7-9-26)13-17-3-5-20(22)31-17/h2-5,10,16H,6-9,11-13H2,1H3,(H,24,28). The number of cyclic esters (lactones) is 1. The number of halogens is 2. The number of hydrogen-bond acceptors (Lipinski definition) is 6. The third kappa shape index (κ3) is 5.28. The van der Waals surface area contributed by atoms with Crippen molar-refractivity contribution in [3.05, 3.63) is 45.4 Å². The molecule has 1 N–H and O–H groups in total. The second-order valence-electron chi connectivity index (χ2n) is 7.66. The Morgan fingerprint density at radius 3 is 2.68 bits per heavy atom. The lowest BCUT2D eigenvalue weighted by Gasteiger charge is -2.36. The molecule has 31 heavy (non-hydrogen) atoms. The molecule has 0 bridgehead atoms. The summed E-state index contributed by atoms with van der Waals surface area (Å²) in [5.74, 6) is -0.557. The summed E-state index contributed by atoms with van der Waals surface area (Å²) in [4.78, 5) is 30.2. The van der Waals surface area contributed by atoms with Gasteiger partial charge in [-0.25, -0.2) is 9.18 Å². The maximum atomic E-state index is 14.9. The molecule has 2 aromatic rings. The predicted molar refractivity (Wildman–Crippen MR) is 120 cm³/mol. The molecule has 2 amide bonds. The summed E-state index contributed by atoms with van der Waals surface area (Å²) in [5.41, 5.74) is 0.981. The van der Waals surface area contributed by atoms with Crippen LogP contribution in [0.25, 0.3) is 0 Å². The molecule has 2 saturated heterocycles. The molecular weight excluding hydrogens is 443 g/mol. The van der Waals surface area contributed by atoms with Gasteiger partial charge in [0.1, 0.15) is 11.9 Å². The first kappa shape index (κ1) is 21.9. The molecule has 2 aliphatic rings. The van der Waals surface area contributed by atoms with Crippen LogP contribution in [-0.2, 0) is 16.1 Å². The number of thiophene rings is 1. The number of anilines is 2. The number of amides is 2. The van der Waals surface area contributed by atoms with Crippen molar-refractivity contribution >= 4 is 46.3 Å².